The monoisotopic (exact) mass is 242 g/mol. The highest BCUT2D eigenvalue weighted by molar-refractivity contribution is 5.97. The molecule has 3 nitrogen and oxygen atoms in total. The molecule has 1 atom stereocenters. The summed E-state index contributed by atoms with van der Waals surface area (Å²) in [4.78, 5) is 11.8. The Bertz CT molecular complexity index is 419. The quantitative estimate of drug-likeness (QED) is 0.852. The Balaban J connectivity index is 2.77. The topological polar surface area (TPSA) is 55.1 Å². The van der Waals surface area contributed by atoms with Gasteiger partial charge in [-0.05, 0) is 25.5 Å². The fourth-order valence-corrected chi connectivity index (χ4v) is 1.48. The van der Waals surface area contributed by atoms with Gasteiger partial charge in [-0.3, -0.25) is 4.79 Å². The Kier molecular flexibility index (Phi) is 4.17. The predicted octanol–water partition coefficient (Wildman–Crippen LogP) is 2.42. The zero-order chi connectivity index (χ0) is 13.1. The number of amides is 1. The molecule has 0 aliphatic carbocycles. The summed E-state index contributed by atoms with van der Waals surface area (Å²) in [6.07, 6.45) is 1.28. The first-order valence-corrected chi connectivity index (χ1v) is 5.42. The molecule has 3 N–H and O–H groups in total. The number of anilines is 1. The first kappa shape index (κ1) is 13.6. The maximum atomic E-state index is 12.9. The lowest BCUT2D eigenvalue weighted by Gasteiger charge is -2.22. The lowest BCUT2D eigenvalue weighted by molar-refractivity contribution is -0.120. The maximum Gasteiger partial charge on any atom is 0.244 e. The summed E-state index contributed by atoms with van der Waals surface area (Å²) >= 11 is 0. The van der Waals surface area contributed by atoms with Crippen LogP contribution in [0.1, 0.15) is 26.7 Å². The van der Waals surface area contributed by atoms with E-state index in [-0.39, 0.29) is 5.69 Å². The molecule has 0 saturated carbocycles. The van der Waals surface area contributed by atoms with Crippen LogP contribution in [0.2, 0.25) is 0 Å². The van der Waals surface area contributed by atoms with Crippen molar-refractivity contribution < 1.29 is 13.6 Å². The summed E-state index contributed by atoms with van der Waals surface area (Å²) < 4.78 is 25.6. The van der Waals surface area contributed by atoms with Gasteiger partial charge in [0.15, 0.2) is 11.6 Å². The molecule has 0 bridgehead atoms. The molecule has 0 fully saturated rings. The van der Waals surface area contributed by atoms with Crippen molar-refractivity contribution in [2.45, 2.75) is 32.2 Å². The van der Waals surface area contributed by atoms with Crippen molar-refractivity contribution in [3.05, 3.63) is 29.8 Å². The van der Waals surface area contributed by atoms with Gasteiger partial charge in [0.1, 0.15) is 0 Å². The van der Waals surface area contributed by atoms with Crippen LogP contribution in [0.4, 0.5) is 14.5 Å². The van der Waals surface area contributed by atoms with Crippen molar-refractivity contribution >= 4 is 11.6 Å². The third-order valence-corrected chi connectivity index (χ3v) is 2.47. The summed E-state index contributed by atoms with van der Waals surface area (Å²) in [5, 5.41) is 2.46. The second-order valence-electron chi connectivity index (χ2n) is 4.25. The van der Waals surface area contributed by atoms with E-state index in [0.29, 0.717) is 6.42 Å². The molecule has 1 aromatic carbocycles. The first-order chi connectivity index (χ1) is 7.86. The van der Waals surface area contributed by atoms with Crippen molar-refractivity contribution in [2.24, 2.45) is 5.73 Å². The number of hydrogen-bond donors (Lipinski definition) is 2. The summed E-state index contributed by atoms with van der Waals surface area (Å²) in [6.45, 7) is 3.52. The predicted molar refractivity (Wildman–Crippen MR) is 62.5 cm³/mol. The summed E-state index contributed by atoms with van der Waals surface area (Å²) in [5.41, 5.74) is 4.99. The standard InChI is InChI=1S/C12H16F2N2O/c1-3-6-12(2,15)11(17)16-8-4-5-9(13)10(14)7-8/h4-5,7H,3,6,15H2,1-2H3,(H,16,17). The molecule has 1 rings (SSSR count). The van der Waals surface area contributed by atoms with Crippen LogP contribution < -0.4 is 11.1 Å². The number of benzene rings is 1. The highest BCUT2D eigenvalue weighted by Crippen LogP contribution is 2.16. The van der Waals surface area contributed by atoms with E-state index in [0.717, 1.165) is 18.6 Å². The van der Waals surface area contributed by atoms with E-state index in [1.165, 1.54) is 6.07 Å². The third-order valence-electron chi connectivity index (χ3n) is 2.47. The van der Waals surface area contributed by atoms with E-state index in [2.05, 4.69) is 5.32 Å². The van der Waals surface area contributed by atoms with Crippen LogP contribution in [-0.4, -0.2) is 11.4 Å². The van der Waals surface area contributed by atoms with Gasteiger partial charge in [-0.15, -0.1) is 0 Å². The minimum Gasteiger partial charge on any atom is -0.324 e. The van der Waals surface area contributed by atoms with Crippen molar-refractivity contribution in [1.82, 2.24) is 0 Å². The van der Waals surface area contributed by atoms with Crippen LogP contribution in [0.3, 0.4) is 0 Å². The minimum atomic E-state index is -1.01. The lowest BCUT2D eigenvalue weighted by atomic mass is 9.96. The number of nitrogens with one attached hydrogen (secondary N) is 1. The Morgan fingerprint density at radius 2 is 2.06 bits per heavy atom. The molecule has 1 aromatic rings. The molecular weight excluding hydrogens is 226 g/mol. The van der Waals surface area contributed by atoms with Crippen LogP contribution in [-0.2, 0) is 4.79 Å². The van der Waals surface area contributed by atoms with Crippen molar-refractivity contribution in [2.75, 3.05) is 5.32 Å². The number of rotatable bonds is 4. The van der Waals surface area contributed by atoms with E-state index >= 15 is 0 Å². The van der Waals surface area contributed by atoms with Crippen LogP contribution in [0.25, 0.3) is 0 Å². The molecule has 0 aliphatic heterocycles. The van der Waals surface area contributed by atoms with Gasteiger partial charge in [-0.25, -0.2) is 8.78 Å². The van der Waals surface area contributed by atoms with Crippen LogP contribution in [0, 0.1) is 11.6 Å². The number of carbonyl (C=O) groups is 1. The average molecular weight is 242 g/mol. The van der Waals surface area contributed by atoms with E-state index in [1.807, 2.05) is 6.92 Å². The fraction of sp³-hybridized carbons (Fsp3) is 0.417. The summed E-state index contributed by atoms with van der Waals surface area (Å²) in [5.74, 6) is -2.37. The Hall–Kier alpha value is -1.49. The fourth-order valence-electron chi connectivity index (χ4n) is 1.48. The molecule has 0 spiro atoms. The van der Waals surface area contributed by atoms with Gasteiger partial charge in [-0.2, -0.15) is 0 Å². The van der Waals surface area contributed by atoms with Gasteiger partial charge in [0, 0.05) is 11.8 Å². The molecule has 1 unspecified atom stereocenters. The minimum absolute atomic E-state index is 0.196. The normalized spacial score (nSPS) is 14.2. The number of nitrogens with two attached hydrogens (primary N) is 1. The molecule has 94 valence electrons. The van der Waals surface area contributed by atoms with Gasteiger partial charge in [-0.1, -0.05) is 13.3 Å². The molecule has 0 radical (unpaired) electrons. The van der Waals surface area contributed by atoms with Crippen LogP contribution >= 0.6 is 0 Å². The molecule has 0 heterocycles. The molecule has 17 heavy (non-hydrogen) atoms. The van der Waals surface area contributed by atoms with Crippen molar-refractivity contribution in [3.8, 4) is 0 Å². The SMILES string of the molecule is CCCC(C)(N)C(=O)Nc1ccc(F)c(F)c1. The van der Waals surface area contributed by atoms with Crippen molar-refractivity contribution in [3.63, 3.8) is 0 Å². The van der Waals surface area contributed by atoms with E-state index in [9.17, 15) is 13.6 Å². The van der Waals surface area contributed by atoms with Crippen LogP contribution in [0.5, 0.6) is 0 Å². The second kappa shape index (κ2) is 5.23. The van der Waals surface area contributed by atoms with Gasteiger partial charge in [0.25, 0.3) is 0 Å². The van der Waals surface area contributed by atoms with Gasteiger partial charge < -0.3 is 11.1 Å². The summed E-state index contributed by atoms with van der Waals surface area (Å²) in [7, 11) is 0. The van der Waals surface area contributed by atoms with Crippen molar-refractivity contribution in [1.29, 1.82) is 0 Å². The second-order valence-corrected chi connectivity index (χ2v) is 4.25. The Morgan fingerprint density at radius 1 is 1.41 bits per heavy atom. The number of hydrogen-bond acceptors (Lipinski definition) is 2. The van der Waals surface area contributed by atoms with E-state index in [1.54, 1.807) is 6.92 Å². The Labute approximate surface area is 99.0 Å². The number of carbonyl (C=O) groups excluding carboxylic acids is 1. The summed E-state index contributed by atoms with van der Waals surface area (Å²) in [6, 6.07) is 3.17. The van der Waals surface area contributed by atoms with Gasteiger partial charge in [0.2, 0.25) is 5.91 Å². The molecular formula is C12H16F2N2O. The molecule has 0 saturated heterocycles. The highest BCUT2D eigenvalue weighted by Gasteiger charge is 2.27. The first-order valence-electron chi connectivity index (χ1n) is 5.42. The zero-order valence-corrected chi connectivity index (χ0v) is 9.89. The maximum absolute atomic E-state index is 12.9. The molecule has 0 aromatic heterocycles. The zero-order valence-electron chi connectivity index (χ0n) is 9.89. The third kappa shape index (κ3) is 3.49. The molecule has 1 amide bonds. The lowest BCUT2D eigenvalue weighted by Crippen LogP contribution is -2.48. The largest absolute Gasteiger partial charge is 0.324 e. The Morgan fingerprint density at radius 3 is 2.59 bits per heavy atom. The van der Waals surface area contributed by atoms with Gasteiger partial charge >= 0.3 is 0 Å². The molecule has 0 aliphatic rings. The van der Waals surface area contributed by atoms with Crippen LogP contribution in [0.15, 0.2) is 18.2 Å². The smallest absolute Gasteiger partial charge is 0.244 e. The van der Waals surface area contributed by atoms with E-state index in [4.69, 9.17) is 5.73 Å². The average Bonchev–Trinajstić information content (AvgIpc) is 2.23. The highest BCUT2D eigenvalue weighted by atomic mass is 19.2. The number of halogens is 2. The van der Waals surface area contributed by atoms with Gasteiger partial charge in [0.05, 0.1) is 5.54 Å². The van der Waals surface area contributed by atoms with E-state index < -0.39 is 23.1 Å². The molecule has 5 heteroatoms.